The molecule has 1 heterocycles. The number of aromatic nitrogens is 1. The van der Waals surface area contributed by atoms with E-state index in [4.69, 9.17) is 0 Å². The largest absolute Gasteiger partial charge is 0.392 e. The lowest BCUT2D eigenvalue weighted by molar-refractivity contribution is 0.107. The molecule has 0 aliphatic heterocycles. The highest BCUT2D eigenvalue weighted by Gasteiger charge is 2.25. The van der Waals surface area contributed by atoms with Gasteiger partial charge in [0.05, 0.1) is 11.6 Å². The van der Waals surface area contributed by atoms with E-state index in [1.165, 1.54) is 17.4 Å². The summed E-state index contributed by atoms with van der Waals surface area (Å²) in [7, 11) is 0. The fourth-order valence-electron chi connectivity index (χ4n) is 2.92. The first kappa shape index (κ1) is 10.7. The monoisotopic (exact) mass is 227 g/mol. The molecule has 0 bridgehead atoms. The zero-order chi connectivity index (χ0) is 11.7. The summed E-state index contributed by atoms with van der Waals surface area (Å²) in [6, 6.07) is 10.3. The Kier molecular flexibility index (Phi) is 2.81. The van der Waals surface area contributed by atoms with Crippen LogP contribution in [0.4, 0.5) is 0 Å². The van der Waals surface area contributed by atoms with Gasteiger partial charge in [0.15, 0.2) is 0 Å². The molecular formula is C15H17NO. The molecular weight excluding hydrogens is 210 g/mol. The highest BCUT2D eigenvalue weighted by Crippen LogP contribution is 2.36. The highest BCUT2D eigenvalue weighted by atomic mass is 16.3. The van der Waals surface area contributed by atoms with Crippen molar-refractivity contribution < 1.29 is 5.11 Å². The van der Waals surface area contributed by atoms with Crippen LogP contribution in [0.5, 0.6) is 0 Å². The minimum atomic E-state index is -0.186. The van der Waals surface area contributed by atoms with Crippen LogP contribution in [0, 0.1) is 0 Å². The number of rotatable bonds is 1. The summed E-state index contributed by atoms with van der Waals surface area (Å²) in [4.78, 5) is 4.38. The predicted octanol–water partition coefficient (Wildman–Crippen LogP) is 3.25. The Morgan fingerprint density at radius 3 is 2.82 bits per heavy atom. The number of fused-ring (bicyclic) bond motifs is 1. The van der Waals surface area contributed by atoms with Gasteiger partial charge in [-0.3, -0.25) is 4.98 Å². The van der Waals surface area contributed by atoms with Crippen molar-refractivity contribution in [2.45, 2.75) is 37.7 Å². The average molecular weight is 227 g/mol. The minimum absolute atomic E-state index is 0.186. The second-order valence-corrected chi connectivity index (χ2v) is 4.88. The van der Waals surface area contributed by atoms with E-state index in [-0.39, 0.29) is 12.0 Å². The molecule has 2 unspecified atom stereocenters. The summed E-state index contributed by atoms with van der Waals surface area (Å²) in [6.45, 7) is 0. The third kappa shape index (κ3) is 1.93. The van der Waals surface area contributed by atoms with Crippen molar-refractivity contribution in [3.63, 3.8) is 0 Å². The molecule has 0 spiro atoms. The third-order valence-electron chi connectivity index (χ3n) is 3.81. The molecule has 1 aliphatic rings. The van der Waals surface area contributed by atoms with Gasteiger partial charge in [0.25, 0.3) is 0 Å². The standard InChI is InChI=1S/C15H17NO/c17-15-9-2-1-5-13(15)11-6-3-8-14-12(11)7-4-10-16-14/h3-4,6-8,10,13,15,17H,1-2,5,9H2. The normalized spacial score (nSPS) is 25.0. The van der Waals surface area contributed by atoms with E-state index < -0.39 is 0 Å². The third-order valence-corrected chi connectivity index (χ3v) is 3.81. The van der Waals surface area contributed by atoms with Gasteiger partial charge in [-0.25, -0.2) is 0 Å². The van der Waals surface area contributed by atoms with Crippen LogP contribution in [0.2, 0.25) is 0 Å². The highest BCUT2D eigenvalue weighted by molar-refractivity contribution is 5.82. The number of aliphatic hydroxyl groups is 1. The summed E-state index contributed by atoms with van der Waals surface area (Å²) >= 11 is 0. The van der Waals surface area contributed by atoms with E-state index in [0.29, 0.717) is 0 Å². The number of benzene rings is 1. The molecule has 88 valence electrons. The average Bonchev–Trinajstić information content (AvgIpc) is 2.39. The van der Waals surface area contributed by atoms with Crippen molar-refractivity contribution in [3.8, 4) is 0 Å². The number of pyridine rings is 1. The summed E-state index contributed by atoms with van der Waals surface area (Å²) in [5.74, 6) is 0.289. The van der Waals surface area contributed by atoms with Crippen molar-refractivity contribution in [1.82, 2.24) is 4.98 Å². The summed E-state index contributed by atoms with van der Waals surface area (Å²) in [5, 5.41) is 11.4. The summed E-state index contributed by atoms with van der Waals surface area (Å²) < 4.78 is 0. The molecule has 17 heavy (non-hydrogen) atoms. The van der Waals surface area contributed by atoms with Crippen molar-refractivity contribution in [2.75, 3.05) is 0 Å². The second-order valence-electron chi connectivity index (χ2n) is 4.88. The lowest BCUT2D eigenvalue weighted by atomic mass is 9.80. The molecule has 1 aromatic carbocycles. The molecule has 1 fully saturated rings. The molecule has 1 aliphatic carbocycles. The molecule has 2 atom stereocenters. The van der Waals surface area contributed by atoms with Crippen LogP contribution < -0.4 is 0 Å². The lowest BCUT2D eigenvalue weighted by Crippen LogP contribution is -2.22. The maximum absolute atomic E-state index is 10.2. The molecule has 1 saturated carbocycles. The van der Waals surface area contributed by atoms with Crippen LogP contribution in [0.15, 0.2) is 36.5 Å². The molecule has 0 amide bonds. The maximum atomic E-state index is 10.2. The van der Waals surface area contributed by atoms with Gasteiger partial charge in [-0.2, -0.15) is 0 Å². The fourth-order valence-corrected chi connectivity index (χ4v) is 2.92. The van der Waals surface area contributed by atoms with Crippen LogP contribution in [-0.2, 0) is 0 Å². The molecule has 0 saturated heterocycles. The van der Waals surface area contributed by atoms with Gasteiger partial charge in [0.2, 0.25) is 0 Å². The van der Waals surface area contributed by atoms with E-state index in [0.717, 1.165) is 24.8 Å². The Morgan fingerprint density at radius 1 is 1.06 bits per heavy atom. The Labute approximate surface area is 101 Å². The SMILES string of the molecule is OC1CCCCC1c1cccc2ncccc12. The number of hydrogen-bond donors (Lipinski definition) is 1. The Bertz CT molecular complexity index is 518. The Morgan fingerprint density at radius 2 is 1.94 bits per heavy atom. The quantitative estimate of drug-likeness (QED) is 0.811. The topological polar surface area (TPSA) is 33.1 Å². The first-order chi connectivity index (χ1) is 8.36. The number of aliphatic hydroxyl groups excluding tert-OH is 1. The number of hydrogen-bond acceptors (Lipinski definition) is 2. The van der Waals surface area contributed by atoms with Gasteiger partial charge in [-0.1, -0.05) is 31.0 Å². The molecule has 2 heteroatoms. The Balaban J connectivity index is 2.10. The van der Waals surface area contributed by atoms with E-state index in [9.17, 15) is 5.11 Å². The minimum Gasteiger partial charge on any atom is -0.392 e. The van der Waals surface area contributed by atoms with Crippen molar-refractivity contribution in [3.05, 3.63) is 42.1 Å². The first-order valence-corrected chi connectivity index (χ1v) is 6.38. The van der Waals surface area contributed by atoms with Crippen molar-refractivity contribution >= 4 is 10.9 Å². The predicted molar refractivity (Wildman–Crippen MR) is 69.0 cm³/mol. The first-order valence-electron chi connectivity index (χ1n) is 6.38. The van der Waals surface area contributed by atoms with E-state index in [1.807, 2.05) is 24.4 Å². The second kappa shape index (κ2) is 4.46. The van der Waals surface area contributed by atoms with E-state index >= 15 is 0 Å². The Hall–Kier alpha value is -1.41. The van der Waals surface area contributed by atoms with Gasteiger partial charge in [-0.05, 0) is 30.5 Å². The van der Waals surface area contributed by atoms with Gasteiger partial charge < -0.3 is 5.11 Å². The van der Waals surface area contributed by atoms with Gasteiger partial charge in [0.1, 0.15) is 0 Å². The van der Waals surface area contributed by atoms with Crippen molar-refractivity contribution in [2.24, 2.45) is 0 Å². The molecule has 2 nitrogen and oxygen atoms in total. The molecule has 3 rings (SSSR count). The van der Waals surface area contributed by atoms with Crippen LogP contribution >= 0.6 is 0 Å². The molecule has 2 aromatic rings. The lowest BCUT2D eigenvalue weighted by Gasteiger charge is -2.28. The van der Waals surface area contributed by atoms with Gasteiger partial charge in [0, 0.05) is 17.5 Å². The molecule has 1 aromatic heterocycles. The zero-order valence-corrected chi connectivity index (χ0v) is 9.84. The smallest absolute Gasteiger partial charge is 0.0704 e. The summed E-state index contributed by atoms with van der Waals surface area (Å²) in [5.41, 5.74) is 2.30. The zero-order valence-electron chi connectivity index (χ0n) is 9.84. The van der Waals surface area contributed by atoms with Crippen molar-refractivity contribution in [1.29, 1.82) is 0 Å². The van der Waals surface area contributed by atoms with Crippen LogP contribution in [0.3, 0.4) is 0 Å². The van der Waals surface area contributed by atoms with Crippen LogP contribution in [-0.4, -0.2) is 16.2 Å². The van der Waals surface area contributed by atoms with Gasteiger partial charge in [-0.15, -0.1) is 0 Å². The van der Waals surface area contributed by atoms with Gasteiger partial charge >= 0.3 is 0 Å². The van der Waals surface area contributed by atoms with E-state index in [1.54, 1.807) is 0 Å². The molecule has 0 radical (unpaired) electrons. The van der Waals surface area contributed by atoms with E-state index in [2.05, 4.69) is 17.1 Å². The molecule has 1 N–H and O–H groups in total. The van der Waals surface area contributed by atoms with Crippen LogP contribution in [0.1, 0.15) is 37.2 Å². The van der Waals surface area contributed by atoms with Crippen LogP contribution in [0.25, 0.3) is 10.9 Å². The number of nitrogens with zero attached hydrogens (tertiary/aromatic N) is 1. The maximum Gasteiger partial charge on any atom is 0.0704 e. The fraction of sp³-hybridized carbons (Fsp3) is 0.400. The summed E-state index contributed by atoms with van der Waals surface area (Å²) in [6.07, 6.45) is 6.04.